The molecule has 0 bridgehead atoms. The minimum atomic E-state index is -1.60. The first-order valence-corrected chi connectivity index (χ1v) is 7.48. The maximum Gasteiger partial charge on any atom is 0.223 e. The van der Waals surface area contributed by atoms with Crippen LogP contribution >= 0.6 is 0 Å². The zero-order chi connectivity index (χ0) is 15.0. The summed E-state index contributed by atoms with van der Waals surface area (Å²) >= 11 is 0. The summed E-state index contributed by atoms with van der Waals surface area (Å²) in [5.74, 6) is -0.389. The van der Waals surface area contributed by atoms with E-state index in [0.717, 1.165) is 11.4 Å². The van der Waals surface area contributed by atoms with Crippen LogP contribution in [0.15, 0.2) is 46.6 Å². The molecule has 1 atom stereocenters. The van der Waals surface area contributed by atoms with Gasteiger partial charge in [0.2, 0.25) is 5.16 Å². The van der Waals surface area contributed by atoms with Crippen molar-refractivity contribution >= 4 is 21.7 Å². The van der Waals surface area contributed by atoms with Gasteiger partial charge in [-0.25, -0.2) is 18.6 Å². The Hall–Kier alpha value is -2.21. The molecule has 0 spiro atoms. The zero-order valence-corrected chi connectivity index (χ0v) is 12.3. The Labute approximate surface area is 123 Å². The van der Waals surface area contributed by atoms with Gasteiger partial charge in [-0.15, -0.1) is 0 Å². The van der Waals surface area contributed by atoms with Crippen molar-refractivity contribution in [2.45, 2.75) is 23.9 Å². The van der Waals surface area contributed by atoms with Crippen molar-refractivity contribution in [2.24, 2.45) is 0 Å². The molecule has 1 unspecified atom stereocenters. The van der Waals surface area contributed by atoms with Crippen LogP contribution in [0.25, 0.3) is 10.9 Å². The van der Waals surface area contributed by atoms with Gasteiger partial charge in [0.1, 0.15) is 16.6 Å². The van der Waals surface area contributed by atoms with Crippen LogP contribution in [-0.4, -0.2) is 19.2 Å². The highest BCUT2D eigenvalue weighted by molar-refractivity contribution is 7.85. The van der Waals surface area contributed by atoms with Crippen LogP contribution in [0.5, 0.6) is 0 Å². The molecule has 3 aromatic rings. The summed E-state index contributed by atoms with van der Waals surface area (Å²) in [5.41, 5.74) is 1.86. The van der Waals surface area contributed by atoms with Gasteiger partial charge in [-0.2, -0.15) is 0 Å². The topological polar surface area (TPSA) is 55.7 Å². The monoisotopic (exact) mass is 301 g/mol. The molecule has 21 heavy (non-hydrogen) atoms. The van der Waals surface area contributed by atoms with Crippen LogP contribution in [0.3, 0.4) is 0 Å². The third-order valence-electron chi connectivity index (χ3n) is 3.01. The molecule has 0 aliphatic carbocycles. The lowest BCUT2D eigenvalue weighted by Crippen LogP contribution is -2.04. The smallest absolute Gasteiger partial charge is 0.223 e. The second kappa shape index (κ2) is 5.29. The Morgan fingerprint density at radius 1 is 1.10 bits per heavy atom. The predicted molar refractivity (Wildman–Crippen MR) is 77.9 cm³/mol. The van der Waals surface area contributed by atoms with E-state index in [2.05, 4.69) is 15.0 Å². The van der Waals surface area contributed by atoms with Crippen molar-refractivity contribution in [3.8, 4) is 0 Å². The largest absolute Gasteiger partial charge is 0.255 e. The first-order chi connectivity index (χ1) is 10.1. The average Bonchev–Trinajstić information content (AvgIpc) is 2.46. The lowest BCUT2D eigenvalue weighted by molar-refractivity contribution is 0.638. The molecule has 0 fully saturated rings. The number of rotatable bonds is 2. The summed E-state index contributed by atoms with van der Waals surface area (Å²) in [6.45, 7) is 3.63. The van der Waals surface area contributed by atoms with Crippen LogP contribution < -0.4 is 0 Å². The highest BCUT2D eigenvalue weighted by atomic mass is 32.2. The molecule has 1 aromatic carbocycles. The van der Waals surface area contributed by atoms with Gasteiger partial charge in [-0.3, -0.25) is 4.98 Å². The van der Waals surface area contributed by atoms with E-state index in [4.69, 9.17) is 0 Å². The van der Waals surface area contributed by atoms with Gasteiger partial charge in [0, 0.05) is 23.0 Å². The molecular formula is C15H12FN3OS. The van der Waals surface area contributed by atoms with Gasteiger partial charge in [-0.05, 0) is 44.2 Å². The summed E-state index contributed by atoms with van der Waals surface area (Å²) in [7, 11) is -1.60. The van der Waals surface area contributed by atoms with Crippen molar-refractivity contribution in [3.63, 3.8) is 0 Å². The van der Waals surface area contributed by atoms with Crippen molar-refractivity contribution < 1.29 is 8.60 Å². The highest BCUT2D eigenvalue weighted by Crippen LogP contribution is 2.24. The Bertz CT molecular complexity index is 846. The predicted octanol–water partition coefficient (Wildman–Crippen LogP) is 2.95. The third kappa shape index (κ3) is 2.54. The van der Waals surface area contributed by atoms with Crippen molar-refractivity contribution in [3.05, 3.63) is 53.7 Å². The van der Waals surface area contributed by atoms with Gasteiger partial charge >= 0.3 is 0 Å². The molecule has 6 heteroatoms. The van der Waals surface area contributed by atoms with Crippen molar-refractivity contribution in [2.75, 3.05) is 0 Å². The van der Waals surface area contributed by atoms with E-state index < -0.39 is 10.8 Å². The molecule has 0 N–H and O–H groups in total. The SMILES string of the molecule is Cc1cc(C)nc(S(=O)c2ccc(F)c3cccnc23)n1. The highest BCUT2D eigenvalue weighted by Gasteiger charge is 2.17. The molecule has 0 aliphatic rings. The Balaban J connectivity index is 2.20. The van der Waals surface area contributed by atoms with E-state index in [1.807, 2.05) is 19.9 Å². The number of aromatic nitrogens is 3. The van der Waals surface area contributed by atoms with E-state index in [9.17, 15) is 8.60 Å². The van der Waals surface area contributed by atoms with Crippen LogP contribution in [0.1, 0.15) is 11.4 Å². The molecule has 106 valence electrons. The summed E-state index contributed by atoms with van der Waals surface area (Å²) in [6.07, 6.45) is 1.55. The summed E-state index contributed by atoms with van der Waals surface area (Å²) < 4.78 is 26.5. The van der Waals surface area contributed by atoms with E-state index in [1.54, 1.807) is 18.3 Å². The molecule has 2 aromatic heterocycles. The molecule has 0 aliphatic heterocycles. The van der Waals surface area contributed by atoms with Gasteiger partial charge in [0.15, 0.2) is 0 Å². The lowest BCUT2D eigenvalue weighted by Gasteiger charge is -2.07. The normalized spacial score (nSPS) is 12.5. The zero-order valence-electron chi connectivity index (χ0n) is 11.5. The molecule has 0 saturated heterocycles. The number of benzene rings is 1. The molecule has 3 rings (SSSR count). The number of fused-ring (bicyclic) bond motifs is 1. The van der Waals surface area contributed by atoms with Crippen LogP contribution in [0.2, 0.25) is 0 Å². The number of hydrogen-bond donors (Lipinski definition) is 0. The second-order valence-corrected chi connectivity index (χ2v) is 5.99. The number of halogens is 1. The number of hydrogen-bond acceptors (Lipinski definition) is 4. The summed E-state index contributed by atoms with van der Waals surface area (Å²) in [4.78, 5) is 13.0. The van der Waals surface area contributed by atoms with Gasteiger partial charge < -0.3 is 0 Å². The van der Waals surface area contributed by atoms with Crippen LogP contribution in [0, 0.1) is 19.7 Å². The first-order valence-electron chi connectivity index (χ1n) is 6.33. The Morgan fingerprint density at radius 3 is 2.52 bits per heavy atom. The second-order valence-electron chi connectivity index (χ2n) is 4.65. The molecule has 4 nitrogen and oxygen atoms in total. The van der Waals surface area contributed by atoms with E-state index in [-0.39, 0.29) is 11.0 Å². The van der Waals surface area contributed by atoms with Crippen LogP contribution in [-0.2, 0) is 10.8 Å². The Kier molecular flexibility index (Phi) is 3.47. The molecule has 0 radical (unpaired) electrons. The average molecular weight is 301 g/mol. The Morgan fingerprint density at radius 2 is 1.81 bits per heavy atom. The summed E-state index contributed by atoms with van der Waals surface area (Å²) in [5, 5.41) is 0.554. The molecule has 0 amide bonds. The lowest BCUT2D eigenvalue weighted by atomic mass is 10.2. The van der Waals surface area contributed by atoms with Crippen molar-refractivity contribution in [1.29, 1.82) is 0 Å². The quantitative estimate of drug-likeness (QED) is 0.683. The van der Waals surface area contributed by atoms with Gasteiger partial charge in [0.05, 0.1) is 10.4 Å². The molecule has 0 saturated carbocycles. The standard InChI is InChI=1S/C15H12FN3OS/c1-9-8-10(2)19-15(18-9)21(20)13-6-5-12(16)11-4-3-7-17-14(11)13/h3-8H,1-2H3. The maximum atomic E-state index is 13.8. The maximum absolute atomic E-state index is 13.8. The van der Waals surface area contributed by atoms with E-state index >= 15 is 0 Å². The third-order valence-corrected chi connectivity index (χ3v) is 4.25. The van der Waals surface area contributed by atoms with E-state index in [0.29, 0.717) is 15.8 Å². The molecular weight excluding hydrogens is 289 g/mol. The number of pyridine rings is 1. The number of aryl methyl sites for hydroxylation is 2. The minimum absolute atomic E-state index is 0.214. The minimum Gasteiger partial charge on any atom is -0.255 e. The molecule has 2 heterocycles. The fourth-order valence-corrected chi connectivity index (χ4v) is 3.32. The fourth-order valence-electron chi connectivity index (χ4n) is 2.14. The fraction of sp³-hybridized carbons (Fsp3) is 0.133. The van der Waals surface area contributed by atoms with E-state index in [1.165, 1.54) is 12.1 Å². The first kappa shape index (κ1) is 13.8. The van der Waals surface area contributed by atoms with Gasteiger partial charge in [-0.1, -0.05) is 0 Å². The van der Waals surface area contributed by atoms with Gasteiger partial charge in [0.25, 0.3) is 0 Å². The number of nitrogens with zero attached hydrogens (tertiary/aromatic N) is 3. The summed E-state index contributed by atoms with van der Waals surface area (Å²) in [6, 6.07) is 7.83. The van der Waals surface area contributed by atoms with Crippen LogP contribution in [0.4, 0.5) is 4.39 Å². The van der Waals surface area contributed by atoms with Crippen molar-refractivity contribution in [1.82, 2.24) is 15.0 Å².